The molecule has 1 fully saturated rings. The summed E-state index contributed by atoms with van der Waals surface area (Å²) >= 11 is 1.28. The second kappa shape index (κ2) is 10.8. The van der Waals surface area contributed by atoms with Gasteiger partial charge in [0.25, 0.3) is 0 Å². The van der Waals surface area contributed by atoms with E-state index in [1.54, 1.807) is 28.5 Å². The maximum Gasteiger partial charge on any atom is 0.416 e. The lowest BCUT2D eigenvalue weighted by Crippen LogP contribution is -2.48. The molecule has 184 valence electrons. The maximum absolute atomic E-state index is 13.0. The number of aromatic nitrogens is 1. The lowest BCUT2D eigenvalue weighted by atomic mass is 10.1. The van der Waals surface area contributed by atoms with E-state index in [1.165, 1.54) is 17.4 Å². The van der Waals surface area contributed by atoms with E-state index in [1.807, 2.05) is 23.1 Å². The predicted octanol–water partition coefficient (Wildman–Crippen LogP) is 5.09. The van der Waals surface area contributed by atoms with Gasteiger partial charge in [0.05, 0.1) is 11.3 Å². The summed E-state index contributed by atoms with van der Waals surface area (Å²) in [6, 6.07) is 13.9. The van der Waals surface area contributed by atoms with E-state index < -0.39 is 17.8 Å². The molecule has 0 saturated carbocycles. The SMILES string of the molecule is O=C(Nc1ccccc1)Nc1nc(CCC(=O)N2CCN(c3cccc(C(F)(F)F)c3)CC2)cs1. The number of carbonyl (C=O) groups excluding carboxylic acids is 2. The number of anilines is 3. The first-order valence-electron chi connectivity index (χ1n) is 11.1. The summed E-state index contributed by atoms with van der Waals surface area (Å²) < 4.78 is 38.9. The molecule has 11 heteroatoms. The average molecular weight is 504 g/mol. The summed E-state index contributed by atoms with van der Waals surface area (Å²) in [5.74, 6) is -0.0296. The fourth-order valence-corrected chi connectivity index (χ4v) is 4.49. The molecule has 1 aliphatic heterocycles. The van der Waals surface area contributed by atoms with E-state index in [0.717, 1.165) is 12.1 Å². The van der Waals surface area contributed by atoms with Crippen LogP contribution in [0.3, 0.4) is 0 Å². The number of alkyl halides is 3. The highest BCUT2D eigenvalue weighted by Crippen LogP contribution is 2.32. The summed E-state index contributed by atoms with van der Waals surface area (Å²) in [5.41, 5.74) is 1.20. The van der Waals surface area contributed by atoms with Crippen LogP contribution in [0, 0.1) is 0 Å². The molecule has 0 aliphatic carbocycles. The zero-order valence-electron chi connectivity index (χ0n) is 18.7. The Morgan fingerprint density at radius 1 is 0.971 bits per heavy atom. The molecule has 0 radical (unpaired) electrons. The summed E-state index contributed by atoms with van der Waals surface area (Å²) in [6.07, 6.45) is -3.68. The molecule has 4 rings (SSSR count). The number of carbonyl (C=O) groups is 2. The van der Waals surface area contributed by atoms with Crippen molar-refractivity contribution in [3.63, 3.8) is 0 Å². The Kier molecular flexibility index (Phi) is 7.54. The highest BCUT2D eigenvalue weighted by atomic mass is 32.1. The Balaban J connectivity index is 1.22. The molecule has 3 amide bonds. The van der Waals surface area contributed by atoms with Gasteiger partial charge in [-0.2, -0.15) is 13.2 Å². The van der Waals surface area contributed by atoms with Gasteiger partial charge in [0.1, 0.15) is 0 Å². The van der Waals surface area contributed by atoms with Gasteiger partial charge >= 0.3 is 12.2 Å². The number of piperazine rings is 1. The number of urea groups is 1. The number of amides is 3. The van der Waals surface area contributed by atoms with E-state index >= 15 is 0 Å². The number of benzene rings is 2. The topological polar surface area (TPSA) is 77.6 Å². The van der Waals surface area contributed by atoms with Crippen LogP contribution in [0.25, 0.3) is 0 Å². The van der Waals surface area contributed by atoms with Gasteiger partial charge in [0.15, 0.2) is 5.13 Å². The smallest absolute Gasteiger partial charge is 0.368 e. The molecule has 2 heterocycles. The van der Waals surface area contributed by atoms with Gasteiger partial charge < -0.3 is 15.1 Å². The zero-order valence-corrected chi connectivity index (χ0v) is 19.5. The van der Waals surface area contributed by atoms with Gasteiger partial charge in [-0.3, -0.25) is 10.1 Å². The normalized spacial score (nSPS) is 14.0. The van der Waals surface area contributed by atoms with E-state index in [9.17, 15) is 22.8 Å². The Labute approximate surface area is 204 Å². The summed E-state index contributed by atoms with van der Waals surface area (Å²) in [4.78, 5) is 32.7. The minimum Gasteiger partial charge on any atom is -0.368 e. The predicted molar refractivity (Wildman–Crippen MR) is 130 cm³/mol. The number of hydrogen-bond donors (Lipinski definition) is 2. The van der Waals surface area contributed by atoms with Gasteiger partial charge in [0.2, 0.25) is 5.91 Å². The number of thiazole rings is 1. The number of nitrogens with one attached hydrogen (secondary N) is 2. The number of aryl methyl sites for hydroxylation is 1. The second-order valence-corrected chi connectivity index (χ2v) is 8.86. The van der Waals surface area contributed by atoms with E-state index in [4.69, 9.17) is 0 Å². The number of halogens is 3. The Morgan fingerprint density at radius 3 is 2.43 bits per heavy atom. The third-order valence-electron chi connectivity index (χ3n) is 5.57. The van der Waals surface area contributed by atoms with Crippen LogP contribution >= 0.6 is 11.3 Å². The van der Waals surface area contributed by atoms with Crippen LogP contribution in [-0.2, 0) is 17.4 Å². The van der Waals surface area contributed by atoms with Crippen LogP contribution < -0.4 is 15.5 Å². The molecule has 1 saturated heterocycles. The third kappa shape index (κ3) is 6.72. The second-order valence-electron chi connectivity index (χ2n) is 8.01. The van der Waals surface area contributed by atoms with Gasteiger partial charge in [-0.1, -0.05) is 24.3 Å². The average Bonchev–Trinajstić information content (AvgIpc) is 3.30. The molecule has 0 spiro atoms. The molecule has 7 nitrogen and oxygen atoms in total. The summed E-state index contributed by atoms with van der Waals surface area (Å²) in [7, 11) is 0. The monoisotopic (exact) mass is 503 g/mol. The molecule has 35 heavy (non-hydrogen) atoms. The largest absolute Gasteiger partial charge is 0.416 e. The van der Waals surface area contributed by atoms with Crippen LogP contribution in [0.15, 0.2) is 60.0 Å². The highest BCUT2D eigenvalue weighted by molar-refractivity contribution is 7.13. The molecule has 0 unspecified atom stereocenters. The Hall–Kier alpha value is -3.60. The maximum atomic E-state index is 13.0. The fraction of sp³-hybridized carbons (Fsp3) is 0.292. The van der Waals surface area contributed by atoms with Gasteiger partial charge in [-0.25, -0.2) is 9.78 Å². The van der Waals surface area contributed by atoms with Crippen molar-refractivity contribution in [2.75, 3.05) is 41.7 Å². The molecular weight excluding hydrogens is 479 g/mol. The van der Waals surface area contributed by atoms with Crippen molar-refractivity contribution in [3.8, 4) is 0 Å². The minimum absolute atomic E-state index is 0.0296. The van der Waals surface area contributed by atoms with Gasteiger partial charge in [-0.05, 0) is 36.8 Å². The molecule has 3 aromatic rings. The van der Waals surface area contributed by atoms with Crippen molar-refractivity contribution in [2.24, 2.45) is 0 Å². The molecule has 1 aliphatic rings. The molecule has 0 atom stereocenters. The first-order valence-corrected chi connectivity index (χ1v) is 11.9. The molecule has 2 aromatic carbocycles. The zero-order chi connectivity index (χ0) is 24.8. The van der Waals surface area contributed by atoms with Gasteiger partial charge in [-0.15, -0.1) is 11.3 Å². The summed E-state index contributed by atoms with van der Waals surface area (Å²) in [5, 5.41) is 7.64. The summed E-state index contributed by atoms with van der Waals surface area (Å²) in [6.45, 7) is 1.82. The van der Waals surface area contributed by atoms with Crippen molar-refractivity contribution in [2.45, 2.75) is 19.0 Å². The molecule has 1 aromatic heterocycles. The Bertz CT molecular complexity index is 1160. The van der Waals surface area contributed by atoms with Crippen LogP contribution in [0.2, 0.25) is 0 Å². The third-order valence-corrected chi connectivity index (χ3v) is 6.38. The van der Waals surface area contributed by atoms with E-state index in [-0.39, 0.29) is 12.3 Å². The van der Waals surface area contributed by atoms with Crippen LogP contribution in [-0.4, -0.2) is 48.0 Å². The minimum atomic E-state index is -4.38. The van der Waals surface area contributed by atoms with E-state index in [2.05, 4.69) is 15.6 Å². The van der Waals surface area contributed by atoms with E-state index in [0.29, 0.717) is 54.8 Å². The first-order chi connectivity index (χ1) is 16.8. The number of para-hydroxylation sites is 1. The molecule has 2 N–H and O–H groups in total. The number of hydrogen-bond acceptors (Lipinski definition) is 5. The van der Waals surface area contributed by atoms with Crippen LogP contribution in [0.4, 0.5) is 34.5 Å². The fourth-order valence-electron chi connectivity index (χ4n) is 3.75. The Morgan fingerprint density at radius 2 is 1.71 bits per heavy atom. The van der Waals surface area contributed by atoms with Crippen molar-refractivity contribution >= 4 is 39.8 Å². The standard InChI is InChI=1S/C24H24F3N5O2S/c25-24(26,27)17-5-4-8-20(15-17)31-11-13-32(14-12-31)21(33)10-9-19-16-35-23(29-19)30-22(34)28-18-6-2-1-3-7-18/h1-8,15-16H,9-14H2,(H2,28,29,30,34). The van der Waals surface area contributed by atoms with Crippen molar-refractivity contribution < 1.29 is 22.8 Å². The van der Waals surface area contributed by atoms with Crippen molar-refractivity contribution in [1.29, 1.82) is 0 Å². The molecular formula is C24H24F3N5O2S. The highest BCUT2D eigenvalue weighted by Gasteiger charge is 2.31. The van der Waals surface area contributed by atoms with Gasteiger partial charge in [0, 0.05) is 49.4 Å². The number of rotatable bonds is 6. The van der Waals surface area contributed by atoms with Crippen molar-refractivity contribution in [1.82, 2.24) is 9.88 Å². The number of nitrogens with zero attached hydrogens (tertiary/aromatic N) is 3. The van der Waals surface area contributed by atoms with Crippen LogP contribution in [0.1, 0.15) is 17.7 Å². The quantitative estimate of drug-likeness (QED) is 0.492. The molecule has 0 bridgehead atoms. The van der Waals surface area contributed by atoms with Crippen LogP contribution in [0.5, 0.6) is 0 Å². The first kappa shape index (κ1) is 24.5. The lowest BCUT2D eigenvalue weighted by molar-refractivity contribution is -0.137. The lowest BCUT2D eigenvalue weighted by Gasteiger charge is -2.36. The van der Waals surface area contributed by atoms with Crippen molar-refractivity contribution in [3.05, 3.63) is 71.2 Å².